The van der Waals surface area contributed by atoms with Crippen LogP contribution in [-0.2, 0) is 6.42 Å². The third-order valence-corrected chi connectivity index (χ3v) is 4.12. The van der Waals surface area contributed by atoms with E-state index in [-0.39, 0.29) is 0 Å². The Labute approximate surface area is 155 Å². The quantitative estimate of drug-likeness (QED) is 0.578. The zero-order valence-electron chi connectivity index (χ0n) is 15.7. The van der Waals surface area contributed by atoms with Gasteiger partial charge in [0.2, 0.25) is 5.95 Å². The standard InChI is InChI=1S/C22H26N4/c1-16-12-17(2)14-20(13-16)25-22-24-18(3)15-21(26-22)23-11-7-10-19-8-5-4-6-9-19/h4-6,8-9,12-15H,7,10-11H2,1-3H3,(H2,23,24,25,26). The van der Waals surface area contributed by atoms with Crippen LogP contribution in [0.5, 0.6) is 0 Å². The van der Waals surface area contributed by atoms with Crippen molar-refractivity contribution >= 4 is 17.5 Å². The fraction of sp³-hybridized carbons (Fsp3) is 0.273. The van der Waals surface area contributed by atoms with Gasteiger partial charge in [-0.2, -0.15) is 4.98 Å². The molecule has 0 radical (unpaired) electrons. The highest BCUT2D eigenvalue weighted by molar-refractivity contribution is 5.57. The van der Waals surface area contributed by atoms with E-state index in [9.17, 15) is 0 Å². The summed E-state index contributed by atoms with van der Waals surface area (Å²) in [6.07, 6.45) is 2.12. The third-order valence-electron chi connectivity index (χ3n) is 4.12. The smallest absolute Gasteiger partial charge is 0.229 e. The largest absolute Gasteiger partial charge is 0.370 e. The molecule has 0 aliphatic heterocycles. The van der Waals surface area contributed by atoms with Gasteiger partial charge in [0, 0.05) is 24.0 Å². The molecule has 0 aliphatic carbocycles. The van der Waals surface area contributed by atoms with Crippen molar-refractivity contribution < 1.29 is 0 Å². The molecule has 0 unspecified atom stereocenters. The van der Waals surface area contributed by atoms with E-state index in [0.29, 0.717) is 5.95 Å². The first-order valence-electron chi connectivity index (χ1n) is 9.07. The summed E-state index contributed by atoms with van der Waals surface area (Å²) in [4.78, 5) is 9.10. The Morgan fingerprint density at radius 3 is 2.31 bits per heavy atom. The van der Waals surface area contributed by atoms with E-state index in [1.165, 1.54) is 16.7 Å². The van der Waals surface area contributed by atoms with Crippen LogP contribution in [-0.4, -0.2) is 16.5 Å². The van der Waals surface area contributed by atoms with Crippen molar-refractivity contribution in [2.45, 2.75) is 33.6 Å². The van der Waals surface area contributed by atoms with Crippen LogP contribution in [0.4, 0.5) is 17.5 Å². The molecule has 3 rings (SSSR count). The van der Waals surface area contributed by atoms with Crippen LogP contribution in [0, 0.1) is 20.8 Å². The maximum absolute atomic E-state index is 4.60. The molecule has 0 saturated heterocycles. The van der Waals surface area contributed by atoms with E-state index in [2.05, 4.69) is 83.0 Å². The van der Waals surface area contributed by atoms with Crippen molar-refractivity contribution in [3.05, 3.63) is 77.0 Å². The summed E-state index contributed by atoms with van der Waals surface area (Å²) in [5.74, 6) is 1.48. The van der Waals surface area contributed by atoms with Gasteiger partial charge in [0.1, 0.15) is 5.82 Å². The van der Waals surface area contributed by atoms with Crippen LogP contribution in [0.3, 0.4) is 0 Å². The Kier molecular flexibility index (Phi) is 5.84. The maximum atomic E-state index is 4.60. The van der Waals surface area contributed by atoms with Gasteiger partial charge >= 0.3 is 0 Å². The second-order valence-corrected chi connectivity index (χ2v) is 6.74. The molecular formula is C22H26N4. The summed E-state index contributed by atoms with van der Waals surface area (Å²) >= 11 is 0. The van der Waals surface area contributed by atoms with Crippen molar-refractivity contribution in [2.24, 2.45) is 0 Å². The SMILES string of the molecule is Cc1cc(C)cc(Nc2nc(C)cc(NCCCc3ccccc3)n2)c1. The Morgan fingerprint density at radius 2 is 1.58 bits per heavy atom. The van der Waals surface area contributed by atoms with Gasteiger partial charge in [-0.05, 0) is 62.4 Å². The number of nitrogens with zero attached hydrogens (tertiary/aromatic N) is 2. The Balaban J connectivity index is 1.60. The predicted octanol–water partition coefficient (Wildman–Crippen LogP) is 5.19. The summed E-state index contributed by atoms with van der Waals surface area (Å²) in [5.41, 5.74) is 5.77. The number of hydrogen-bond donors (Lipinski definition) is 2. The Morgan fingerprint density at radius 1 is 0.846 bits per heavy atom. The first-order valence-corrected chi connectivity index (χ1v) is 9.07. The second-order valence-electron chi connectivity index (χ2n) is 6.74. The molecule has 0 atom stereocenters. The van der Waals surface area contributed by atoms with Gasteiger partial charge in [-0.25, -0.2) is 4.98 Å². The van der Waals surface area contributed by atoms with Gasteiger partial charge in [0.25, 0.3) is 0 Å². The summed E-state index contributed by atoms with van der Waals surface area (Å²) in [6.45, 7) is 7.06. The average Bonchev–Trinajstić information content (AvgIpc) is 2.58. The Bertz CT molecular complexity index is 839. The highest BCUT2D eigenvalue weighted by atomic mass is 15.1. The van der Waals surface area contributed by atoms with Crippen LogP contribution in [0.15, 0.2) is 54.6 Å². The summed E-state index contributed by atoms with van der Waals surface area (Å²) in [7, 11) is 0. The number of hydrogen-bond acceptors (Lipinski definition) is 4. The van der Waals surface area contributed by atoms with Crippen molar-refractivity contribution in [3.63, 3.8) is 0 Å². The molecule has 4 nitrogen and oxygen atoms in total. The van der Waals surface area contributed by atoms with Crippen LogP contribution < -0.4 is 10.6 Å². The summed E-state index contributed by atoms with van der Waals surface area (Å²) in [6, 6.07) is 18.9. The van der Waals surface area contributed by atoms with E-state index < -0.39 is 0 Å². The monoisotopic (exact) mass is 346 g/mol. The lowest BCUT2D eigenvalue weighted by Crippen LogP contribution is -2.07. The molecular weight excluding hydrogens is 320 g/mol. The summed E-state index contributed by atoms with van der Waals surface area (Å²) < 4.78 is 0. The van der Waals surface area contributed by atoms with Gasteiger partial charge in [-0.3, -0.25) is 0 Å². The van der Waals surface area contributed by atoms with Crippen molar-refractivity contribution in [1.82, 2.24) is 9.97 Å². The van der Waals surface area contributed by atoms with E-state index in [0.717, 1.165) is 36.6 Å². The molecule has 1 aromatic heterocycles. The summed E-state index contributed by atoms with van der Waals surface area (Å²) in [5, 5.41) is 6.73. The average molecular weight is 346 g/mol. The molecule has 0 saturated carbocycles. The zero-order valence-corrected chi connectivity index (χ0v) is 15.7. The molecule has 0 amide bonds. The zero-order chi connectivity index (χ0) is 18.4. The molecule has 0 spiro atoms. The van der Waals surface area contributed by atoms with Crippen LogP contribution >= 0.6 is 0 Å². The minimum absolute atomic E-state index is 0.626. The molecule has 1 heterocycles. The van der Waals surface area contributed by atoms with Gasteiger partial charge in [0.15, 0.2) is 0 Å². The Hall–Kier alpha value is -2.88. The lowest BCUT2D eigenvalue weighted by Gasteiger charge is -2.11. The number of anilines is 3. The van der Waals surface area contributed by atoms with Crippen molar-refractivity contribution in [1.29, 1.82) is 0 Å². The lowest BCUT2D eigenvalue weighted by atomic mass is 10.1. The number of nitrogens with one attached hydrogen (secondary N) is 2. The molecule has 2 aromatic carbocycles. The van der Waals surface area contributed by atoms with E-state index >= 15 is 0 Å². The fourth-order valence-corrected chi connectivity index (χ4v) is 3.04. The van der Waals surface area contributed by atoms with E-state index in [1.54, 1.807) is 0 Å². The minimum Gasteiger partial charge on any atom is -0.370 e. The van der Waals surface area contributed by atoms with Crippen molar-refractivity contribution in [2.75, 3.05) is 17.2 Å². The predicted molar refractivity (Wildman–Crippen MR) is 109 cm³/mol. The van der Waals surface area contributed by atoms with Gasteiger partial charge in [-0.15, -0.1) is 0 Å². The van der Waals surface area contributed by atoms with Crippen molar-refractivity contribution in [3.8, 4) is 0 Å². The highest BCUT2D eigenvalue weighted by Gasteiger charge is 2.04. The van der Waals surface area contributed by atoms with Gasteiger partial charge < -0.3 is 10.6 Å². The first kappa shape index (κ1) is 17.9. The molecule has 4 heteroatoms. The normalized spacial score (nSPS) is 10.6. The lowest BCUT2D eigenvalue weighted by molar-refractivity contribution is 0.857. The number of rotatable bonds is 7. The third kappa shape index (κ3) is 5.31. The van der Waals surface area contributed by atoms with Gasteiger partial charge in [-0.1, -0.05) is 36.4 Å². The fourth-order valence-electron chi connectivity index (χ4n) is 3.04. The van der Waals surface area contributed by atoms with Gasteiger partial charge in [0.05, 0.1) is 0 Å². The number of benzene rings is 2. The highest BCUT2D eigenvalue weighted by Crippen LogP contribution is 2.19. The first-order chi connectivity index (χ1) is 12.6. The molecule has 3 aromatic rings. The minimum atomic E-state index is 0.626. The topological polar surface area (TPSA) is 49.8 Å². The molecule has 26 heavy (non-hydrogen) atoms. The number of aryl methyl sites for hydroxylation is 4. The van der Waals surface area contributed by atoms with Crippen LogP contribution in [0.1, 0.15) is 28.8 Å². The van der Waals surface area contributed by atoms with E-state index in [1.807, 2.05) is 13.0 Å². The molecule has 0 fully saturated rings. The molecule has 134 valence electrons. The number of aromatic nitrogens is 2. The maximum Gasteiger partial charge on any atom is 0.229 e. The molecule has 0 bridgehead atoms. The van der Waals surface area contributed by atoms with Crippen LogP contribution in [0.2, 0.25) is 0 Å². The molecule has 0 aliphatic rings. The molecule has 2 N–H and O–H groups in total. The second kappa shape index (κ2) is 8.48. The van der Waals surface area contributed by atoms with Crippen LogP contribution in [0.25, 0.3) is 0 Å². The van der Waals surface area contributed by atoms with E-state index in [4.69, 9.17) is 0 Å².